The first-order valence-electron chi connectivity index (χ1n) is 20.5. The zero-order chi connectivity index (χ0) is 40.7. The van der Waals surface area contributed by atoms with Crippen LogP contribution in [-0.2, 0) is 0 Å². The number of hydrogen-bond donors (Lipinski definition) is 0. The van der Waals surface area contributed by atoms with Gasteiger partial charge in [0.2, 0.25) is 0 Å². The van der Waals surface area contributed by atoms with Crippen molar-refractivity contribution in [2.24, 2.45) is 0 Å². The van der Waals surface area contributed by atoms with E-state index in [4.69, 9.17) is 22.1 Å². The number of nitrogens with zero attached hydrogens (tertiary/aromatic N) is 3. The monoisotopic (exact) mass is 614 g/mol. The molecule has 9 rings (SSSR count). The molecule has 0 saturated heterocycles. The van der Waals surface area contributed by atoms with Gasteiger partial charge in [-0.05, 0) is 57.8 Å². The Kier molecular flexibility index (Phi) is 4.37. The van der Waals surface area contributed by atoms with Crippen molar-refractivity contribution in [3.8, 4) is 51.0 Å². The maximum absolute atomic E-state index is 9.38. The van der Waals surface area contributed by atoms with Crippen LogP contribution >= 0.6 is 0 Å². The van der Waals surface area contributed by atoms with Crippen LogP contribution in [0.15, 0.2) is 169 Å². The number of ether oxygens (including phenoxy) is 1. The molecule has 1 aromatic heterocycles. The summed E-state index contributed by atoms with van der Waals surface area (Å²) < 4.78 is 103. The number of para-hydroxylation sites is 1. The van der Waals surface area contributed by atoms with Crippen LogP contribution in [0.25, 0.3) is 56.1 Å². The fourth-order valence-electron chi connectivity index (χ4n) is 6.08. The number of allylic oxidation sites excluding steroid dienone is 4. The van der Waals surface area contributed by atoms with Crippen molar-refractivity contribution in [2.45, 2.75) is 11.8 Å². The Balaban J connectivity index is 1.28. The van der Waals surface area contributed by atoms with Gasteiger partial charge in [0.05, 0.1) is 21.0 Å². The molecule has 0 fully saturated rings. The lowest BCUT2D eigenvalue weighted by Gasteiger charge is -2.24. The van der Waals surface area contributed by atoms with Crippen LogP contribution in [0.4, 0.5) is 0 Å². The van der Waals surface area contributed by atoms with Gasteiger partial charge < -0.3 is 4.74 Å². The maximum Gasteiger partial charge on any atom is 0.164 e. The van der Waals surface area contributed by atoms with Crippen molar-refractivity contribution in [3.05, 3.63) is 180 Å². The molecule has 4 nitrogen and oxygen atoms in total. The molecule has 7 aromatic rings. The van der Waals surface area contributed by atoms with Gasteiger partial charge in [-0.15, -0.1) is 0 Å². The number of hydrogen-bond acceptors (Lipinski definition) is 4. The highest BCUT2D eigenvalue weighted by Gasteiger charge is 2.36. The SMILES string of the molecule is [2H]c1c([2H])c([2H])c(-c2nc(-c3cccc(C4C=CC=C5Oc6ccccc6C54)c3)nc(-c3c([2H])c([2H])c4c([2H])c(-c5ccccc5)c([2H])c([2H])c4c3[2H])n2)c([2H])c1[2H]. The fourth-order valence-corrected chi connectivity index (χ4v) is 6.08. The van der Waals surface area contributed by atoms with Crippen molar-refractivity contribution >= 4 is 10.8 Å². The van der Waals surface area contributed by atoms with E-state index in [0.717, 1.165) is 22.6 Å². The second kappa shape index (κ2) is 11.3. The molecular formula is C43H29N3O. The number of aromatic nitrogens is 3. The molecule has 0 bridgehead atoms. The lowest BCUT2D eigenvalue weighted by atomic mass is 9.78. The quantitative estimate of drug-likeness (QED) is 0.194. The molecule has 4 heteroatoms. The predicted octanol–water partition coefficient (Wildman–Crippen LogP) is 10.4. The van der Waals surface area contributed by atoms with E-state index in [1.54, 1.807) is 36.4 Å². The van der Waals surface area contributed by atoms with Gasteiger partial charge in [0, 0.05) is 28.2 Å². The van der Waals surface area contributed by atoms with E-state index in [9.17, 15) is 2.74 Å². The maximum atomic E-state index is 9.38. The minimum atomic E-state index is -0.617. The van der Waals surface area contributed by atoms with E-state index < -0.39 is 54.4 Å². The highest BCUT2D eigenvalue weighted by atomic mass is 16.5. The van der Waals surface area contributed by atoms with Crippen molar-refractivity contribution in [3.63, 3.8) is 0 Å². The van der Waals surface area contributed by atoms with Crippen molar-refractivity contribution in [1.82, 2.24) is 15.0 Å². The van der Waals surface area contributed by atoms with E-state index in [-0.39, 0.29) is 68.9 Å². The summed E-state index contributed by atoms with van der Waals surface area (Å²) in [7, 11) is 0. The average Bonchev–Trinajstić information content (AvgIpc) is 3.62. The summed E-state index contributed by atoms with van der Waals surface area (Å²) in [4.78, 5) is 13.9. The molecule has 0 radical (unpaired) electrons. The Morgan fingerprint density at radius 1 is 0.574 bits per heavy atom. The topological polar surface area (TPSA) is 47.9 Å². The third kappa shape index (κ3) is 5.01. The van der Waals surface area contributed by atoms with Gasteiger partial charge in [0.25, 0.3) is 0 Å². The molecule has 0 N–H and O–H groups in total. The minimum absolute atomic E-state index is 0.00870. The lowest BCUT2D eigenvalue weighted by molar-refractivity contribution is 0.416. The third-order valence-corrected chi connectivity index (χ3v) is 8.28. The summed E-state index contributed by atoms with van der Waals surface area (Å²) in [6.07, 6.45) is 5.95. The zero-order valence-corrected chi connectivity index (χ0v) is 24.6. The first kappa shape index (κ1) is 18.1. The van der Waals surface area contributed by atoms with Crippen LogP contribution < -0.4 is 4.74 Å². The Bertz CT molecular complexity index is 2940. The largest absolute Gasteiger partial charge is 0.461 e. The molecule has 222 valence electrons. The second-order valence-electron chi connectivity index (χ2n) is 11.1. The van der Waals surface area contributed by atoms with Gasteiger partial charge in [-0.25, -0.2) is 15.0 Å². The molecule has 0 amide bonds. The second-order valence-corrected chi connectivity index (χ2v) is 11.1. The molecule has 1 aliphatic carbocycles. The van der Waals surface area contributed by atoms with E-state index >= 15 is 0 Å². The molecule has 2 heterocycles. The zero-order valence-electron chi connectivity index (χ0n) is 35.6. The van der Waals surface area contributed by atoms with Crippen LogP contribution in [0.5, 0.6) is 5.75 Å². The molecular weight excluding hydrogens is 574 g/mol. The summed E-state index contributed by atoms with van der Waals surface area (Å²) >= 11 is 0. The fraction of sp³-hybridized carbons (Fsp3) is 0.0465. The Morgan fingerprint density at radius 3 is 2.09 bits per heavy atom. The first-order chi connectivity index (χ1) is 27.9. The number of benzene rings is 6. The number of fused-ring (bicyclic) bond motifs is 4. The van der Waals surface area contributed by atoms with Gasteiger partial charge >= 0.3 is 0 Å². The average molecular weight is 615 g/mol. The van der Waals surface area contributed by atoms with Crippen LogP contribution in [0.2, 0.25) is 0 Å². The van der Waals surface area contributed by atoms with Gasteiger partial charge in [0.15, 0.2) is 17.5 Å². The normalized spacial score (nSPS) is 19.6. The molecule has 47 heavy (non-hydrogen) atoms. The lowest BCUT2D eigenvalue weighted by Crippen LogP contribution is -2.12. The van der Waals surface area contributed by atoms with Crippen molar-refractivity contribution in [1.29, 1.82) is 0 Å². The van der Waals surface area contributed by atoms with E-state index in [1.807, 2.05) is 54.6 Å². The van der Waals surface area contributed by atoms with Gasteiger partial charge in [-0.2, -0.15) is 0 Å². The molecule has 2 aliphatic rings. The summed E-state index contributed by atoms with van der Waals surface area (Å²) in [6.45, 7) is 0. The Hall–Kier alpha value is -6.13. The first-order valence-corrected chi connectivity index (χ1v) is 15.0. The molecule has 2 unspecified atom stereocenters. The summed E-state index contributed by atoms with van der Waals surface area (Å²) in [5.74, 6) is 0.640. The Labute approximate surface area is 288 Å². The van der Waals surface area contributed by atoms with Gasteiger partial charge in [-0.1, -0.05) is 133 Å². The molecule has 0 spiro atoms. The number of rotatable bonds is 5. The van der Waals surface area contributed by atoms with E-state index in [0.29, 0.717) is 11.1 Å². The van der Waals surface area contributed by atoms with Gasteiger partial charge in [0.1, 0.15) is 11.5 Å². The summed E-state index contributed by atoms with van der Waals surface area (Å²) in [6, 6.07) is 18.2. The molecule has 6 aromatic carbocycles. The summed E-state index contributed by atoms with van der Waals surface area (Å²) in [5.41, 5.74) is 2.27. The van der Waals surface area contributed by atoms with Crippen LogP contribution in [-0.4, -0.2) is 15.0 Å². The standard InChI is InChI=1S/C43H29N3O/c1-3-11-28(12-4-1)30-21-22-32-26-35(24-23-31(32)25-30)43-45-41(29-13-5-2-6-14-29)44-42(46-43)34-16-9-15-33(27-34)36-18-10-20-39-40(36)37-17-7-8-19-38(37)47-39/h1-27,36,40H/i2D,5D,6D,13D,14D,21D,22D,23D,24D,25D,26D. The Morgan fingerprint density at radius 2 is 1.26 bits per heavy atom. The van der Waals surface area contributed by atoms with Gasteiger partial charge in [-0.3, -0.25) is 0 Å². The van der Waals surface area contributed by atoms with Crippen LogP contribution in [0.1, 0.15) is 38.0 Å². The van der Waals surface area contributed by atoms with Crippen LogP contribution in [0, 0.1) is 0 Å². The molecule has 0 saturated carbocycles. The predicted molar refractivity (Wildman–Crippen MR) is 189 cm³/mol. The highest BCUT2D eigenvalue weighted by molar-refractivity contribution is 5.90. The summed E-state index contributed by atoms with van der Waals surface area (Å²) in [5, 5.41) is -0.371. The van der Waals surface area contributed by atoms with E-state index in [1.165, 1.54) is 0 Å². The highest BCUT2D eigenvalue weighted by Crippen LogP contribution is 2.50. The van der Waals surface area contributed by atoms with Crippen LogP contribution in [0.3, 0.4) is 0 Å². The van der Waals surface area contributed by atoms with Crippen molar-refractivity contribution < 1.29 is 19.8 Å². The van der Waals surface area contributed by atoms with E-state index in [2.05, 4.69) is 16.0 Å². The molecule has 2 atom stereocenters. The third-order valence-electron chi connectivity index (χ3n) is 8.28. The smallest absolute Gasteiger partial charge is 0.164 e. The van der Waals surface area contributed by atoms with Crippen molar-refractivity contribution in [2.75, 3.05) is 0 Å². The molecule has 1 aliphatic heterocycles. The minimum Gasteiger partial charge on any atom is -0.461 e.